The summed E-state index contributed by atoms with van der Waals surface area (Å²) in [6.45, 7) is 0.130. The van der Waals surface area contributed by atoms with Crippen LogP contribution in [0.15, 0.2) is 48.5 Å². The molecule has 0 saturated heterocycles. The molecule has 2 rings (SSSR count). The molecular weight excluding hydrogens is 429 g/mol. The first-order valence-corrected chi connectivity index (χ1v) is 9.36. The highest BCUT2D eigenvalue weighted by atomic mass is 79.9. The molecule has 4 nitrogen and oxygen atoms in total. The predicted molar refractivity (Wildman–Crippen MR) is 103 cm³/mol. The van der Waals surface area contributed by atoms with Crippen LogP contribution in [0.2, 0.25) is 10.0 Å². The highest BCUT2D eigenvalue weighted by molar-refractivity contribution is 9.09. The number of hydrogen-bond donors (Lipinski definition) is 1. The van der Waals surface area contributed by atoms with Gasteiger partial charge in [-0.15, -0.1) is 0 Å². The molecule has 0 fully saturated rings. The second-order valence-corrected chi connectivity index (χ2v) is 6.77. The van der Waals surface area contributed by atoms with E-state index in [4.69, 9.17) is 27.9 Å². The lowest BCUT2D eigenvalue weighted by atomic mass is 10.0. The molecule has 0 bridgehead atoms. The average molecular weight is 445 g/mol. The van der Waals surface area contributed by atoms with Gasteiger partial charge in [0, 0.05) is 16.5 Å². The molecule has 1 atom stereocenters. The summed E-state index contributed by atoms with van der Waals surface area (Å²) < 4.78 is 5.17. The van der Waals surface area contributed by atoms with E-state index in [1.165, 1.54) is 0 Å². The Hall–Kier alpha value is -1.56. The average Bonchev–Trinajstić information content (AvgIpc) is 2.58. The van der Waals surface area contributed by atoms with E-state index >= 15 is 0 Å². The Kier molecular flexibility index (Phi) is 7.75. The highest BCUT2D eigenvalue weighted by Gasteiger charge is 2.21. The number of ether oxygens (including phenoxy) is 1. The van der Waals surface area contributed by atoms with Crippen LogP contribution in [0.25, 0.3) is 0 Å². The number of carbonyl (C=O) groups excluding carboxylic acids is 2. The molecule has 0 heterocycles. The molecule has 0 aliphatic carbocycles. The minimum Gasteiger partial charge on any atom is -0.445 e. The Morgan fingerprint density at radius 1 is 1.04 bits per heavy atom. The normalized spacial score (nSPS) is 11.6. The van der Waals surface area contributed by atoms with E-state index in [1.807, 2.05) is 30.3 Å². The topological polar surface area (TPSA) is 55.4 Å². The van der Waals surface area contributed by atoms with E-state index in [0.717, 1.165) is 11.1 Å². The first kappa shape index (κ1) is 19.8. The summed E-state index contributed by atoms with van der Waals surface area (Å²) in [5.41, 5.74) is 1.61. The van der Waals surface area contributed by atoms with Crippen LogP contribution in [-0.4, -0.2) is 23.2 Å². The van der Waals surface area contributed by atoms with Crippen molar-refractivity contribution in [3.8, 4) is 0 Å². The summed E-state index contributed by atoms with van der Waals surface area (Å²) >= 11 is 15.1. The van der Waals surface area contributed by atoms with Crippen molar-refractivity contribution in [3.63, 3.8) is 0 Å². The van der Waals surface area contributed by atoms with Gasteiger partial charge in [0.15, 0.2) is 5.78 Å². The Balaban J connectivity index is 1.99. The molecule has 0 spiro atoms. The smallest absolute Gasteiger partial charge is 0.408 e. The van der Waals surface area contributed by atoms with Gasteiger partial charge in [-0.05, 0) is 29.3 Å². The third kappa shape index (κ3) is 6.69. The summed E-state index contributed by atoms with van der Waals surface area (Å²) in [5.74, 6) is -0.173. The maximum atomic E-state index is 12.1. The summed E-state index contributed by atoms with van der Waals surface area (Å²) in [6, 6.07) is 13.6. The van der Waals surface area contributed by atoms with Gasteiger partial charge in [0.25, 0.3) is 0 Å². The van der Waals surface area contributed by atoms with Crippen molar-refractivity contribution >= 4 is 51.0 Å². The van der Waals surface area contributed by atoms with Crippen molar-refractivity contribution in [3.05, 3.63) is 69.7 Å². The van der Waals surface area contributed by atoms with Crippen molar-refractivity contribution in [1.29, 1.82) is 0 Å². The van der Waals surface area contributed by atoms with Crippen LogP contribution in [0.1, 0.15) is 11.1 Å². The summed E-state index contributed by atoms with van der Waals surface area (Å²) in [4.78, 5) is 24.1. The van der Waals surface area contributed by atoms with Crippen LogP contribution in [0.3, 0.4) is 0 Å². The number of benzene rings is 2. The van der Waals surface area contributed by atoms with Gasteiger partial charge in [-0.25, -0.2) is 4.79 Å². The maximum absolute atomic E-state index is 12.1. The zero-order valence-corrected chi connectivity index (χ0v) is 16.3. The summed E-state index contributed by atoms with van der Waals surface area (Å²) in [7, 11) is 0. The Morgan fingerprint density at radius 3 is 2.28 bits per heavy atom. The molecule has 132 valence electrons. The molecule has 0 aliphatic heterocycles. The summed E-state index contributed by atoms with van der Waals surface area (Å²) in [6.07, 6.45) is -0.387. The number of Topliss-reactive ketones (excluding diaryl/α,β-unsaturated/α-hetero) is 1. The number of alkyl carbamates (subject to hydrolysis) is 1. The highest BCUT2D eigenvalue weighted by Crippen LogP contribution is 2.20. The van der Waals surface area contributed by atoms with Gasteiger partial charge in [0.2, 0.25) is 0 Å². The minimum absolute atomic E-state index is 0.116. The van der Waals surface area contributed by atoms with Gasteiger partial charge < -0.3 is 10.1 Å². The Labute approximate surface area is 164 Å². The first-order chi connectivity index (χ1) is 12.0. The molecule has 2 aromatic carbocycles. The van der Waals surface area contributed by atoms with Crippen molar-refractivity contribution in [2.24, 2.45) is 0 Å². The zero-order chi connectivity index (χ0) is 18.2. The number of nitrogens with one attached hydrogen (secondary N) is 1. The van der Waals surface area contributed by atoms with Gasteiger partial charge >= 0.3 is 6.09 Å². The minimum atomic E-state index is -0.739. The third-order valence-electron chi connectivity index (χ3n) is 3.39. The molecule has 25 heavy (non-hydrogen) atoms. The van der Waals surface area contributed by atoms with Crippen molar-refractivity contribution in [2.45, 2.75) is 19.1 Å². The van der Waals surface area contributed by atoms with Crippen molar-refractivity contribution in [1.82, 2.24) is 5.32 Å². The number of hydrogen-bond acceptors (Lipinski definition) is 3. The Bertz CT molecular complexity index is 720. The van der Waals surface area contributed by atoms with Gasteiger partial charge in [0.1, 0.15) is 6.61 Å². The Morgan fingerprint density at radius 2 is 1.68 bits per heavy atom. The lowest BCUT2D eigenvalue weighted by Crippen LogP contribution is -2.43. The quantitative estimate of drug-likeness (QED) is 0.624. The second-order valence-electron chi connectivity index (χ2n) is 5.34. The standard InChI is InChI=1S/C18H16BrCl2NO3/c19-10-17(23)16(8-13-6-14(20)9-15(21)7-13)22-18(24)25-11-12-4-2-1-3-5-12/h1-7,9,16H,8,10-11H2,(H,22,24)/t16-/m0/s1. The maximum Gasteiger partial charge on any atom is 0.408 e. The van der Waals surface area contributed by atoms with E-state index in [-0.39, 0.29) is 24.1 Å². The number of ketones is 1. The summed E-state index contributed by atoms with van der Waals surface area (Å²) in [5, 5.41) is 3.66. The predicted octanol–water partition coefficient (Wildman–Crippen LogP) is 4.79. The molecule has 7 heteroatoms. The van der Waals surface area contributed by atoms with E-state index < -0.39 is 12.1 Å². The van der Waals surface area contributed by atoms with Crippen LogP contribution < -0.4 is 5.32 Å². The first-order valence-electron chi connectivity index (χ1n) is 7.49. The fraction of sp³-hybridized carbons (Fsp3) is 0.222. The molecule has 0 aromatic heterocycles. The number of rotatable bonds is 7. The van der Waals surface area contributed by atoms with Crippen molar-refractivity contribution in [2.75, 3.05) is 5.33 Å². The molecule has 1 amide bonds. The van der Waals surface area contributed by atoms with E-state index in [1.54, 1.807) is 18.2 Å². The number of halogens is 3. The van der Waals surface area contributed by atoms with E-state index in [2.05, 4.69) is 21.2 Å². The van der Waals surface area contributed by atoms with Gasteiger partial charge in [-0.3, -0.25) is 4.79 Å². The number of carbonyl (C=O) groups is 2. The second kappa shape index (κ2) is 9.80. The van der Waals surface area contributed by atoms with Gasteiger partial charge in [-0.2, -0.15) is 0 Å². The fourth-order valence-electron chi connectivity index (χ4n) is 2.21. The third-order valence-corrected chi connectivity index (χ3v) is 4.38. The number of alkyl halides is 1. The van der Waals surface area contributed by atoms with Crippen LogP contribution >= 0.6 is 39.1 Å². The molecular formula is C18H16BrCl2NO3. The van der Waals surface area contributed by atoms with Crippen LogP contribution in [0.4, 0.5) is 4.79 Å². The molecule has 0 radical (unpaired) electrons. The largest absolute Gasteiger partial charge is 0.445 e. The van der Waals surface area contributed by atoms with Crippen LogP contribution in [0.5, 0.6) is 0 Å². The monoisotopic (exact) mass is 443 g/mol. The number of amides is 1. The van der Waals surface area contributed by atoms with E-state index in [0.29, 0.717) is 10.0 Å². The van der Waals surface area contributed by atoms with Crippen molar-refractivity contribution < 1.29 is 14.3 Å². The molecule has 1 N–H and O–H groups in total. The molecule has 0 aliphatic rings. The molecule has 2 aromatic rings. The fourth-order valence-corrected chi connectivity index (χ4v) is 3.17. The molecule has 0 unspecified atom stereocenters. The van der Waals surface area contributed by atoms with E-state index in [9.17, 15) is 9.59 Å². The molecule has 0 saturated carbocycles. The SMILES string of the molecule is O=C(N[C@@H](Cc1cc(Cl)cc(Cl)c1)C(=O)CBr)OCc1ccccc1. The van der Waals surface area contributed by atoms with Crippen LogP contribution in [-0.2, 0) is 22.6 Å². The van der Waals surface area contributed by atoms with Gasteiger partial charge in [0.05, 0.1) is 11.4 Å². The lowest BCUT2D eigenvalue weighted by Gasteiger charge is -2.17. The van der Waals surface area contributed by atoms with Crippen LogP contribution in [0, 0.1) is 0 Å². The van der Waals surface area contributed by atoms with Gasteiger partial charge in [-0.1, -0.05) is 69.5 Å². The lowest BCUT2D eigenvalue weighted by molar-refractivity contribution is -0.118. The zero-order valence-electron chi connectivity index (χ0n) is 13.2.